The van der Waals surface area contributed by atoms with Gasteiger partial charge in [0.1, 0.15) is 0 Å². The van der Waals surface area contributed by atoms with Crippen LogP contribution in [0.25, 0.3) is 109 Å². The van der Waals surface area contributed by atoms with Gasteiger partial charge in [-0.3, -0.25) is 0 Å². The molecular formula is C58H42. The predicted molar refractivity (Wildman–Crippen MR) is 252 cm³/mol. The standard InChI is InChI=1S/C58H42/c1-58(2,3)47-29-31-52-55(36-47)57(46-27-23-38-13-5-7-15-42(38)33-46)51-30-28-43(34-54(51)56(52)45-26-22-37-12-4-6-14-41(37)32-45)39-20-24-40(25-21-39)53-35-44-16-8-9-17-48(44)49-18-10-11-19-50(49)53/h4-36H,1-3H3. The first kappa shape index (κ1) is 34.2. The van der Waals surface area contributed by atoms with Gasteiger partial charge in [0, 0.05) is 0 Å². The highest BCUT2D eigenvalue weighted by Crippen LogP contribution is 2.47. The number of benzene rings is 11. The van der Waals surface area contributed by atoms with Crippen molar-refractivity contribution in [3.8, 4) is 44.5 Å². The lowest BCUT2D eigenvalue weighted by Gasteiger charge is -2.23. The maximum absolute atomic E-state index is 2.47. The highest BCUT2D eigenvalue weighted by atomic mass is 14.2. The van der Waals surface area contributed by atoms with Crippen LogP contribution in [0.3, 0.4) is 0 Å². The highest BCUT2D eigenvalue weighted by molar-refractivity contribution is 6.23. The Kier molecular flexibility index (Phi) is 7.85. The molecule has 0 fully saturated rings. The first-order valence-electron chi connectivity index (χ1n) is 20.4. The van der Waals surface area contributed by atoms with E-state index in [2.05, 4.69) is 221 Å². The van der Waals surface area contributed by atoms with Crippen LogP contribution in [-0.4, -0.2) is 0 Å². The molecule has 0 aliphatic heterocycles. The van der Waals surface area contributed by atoms with Crippen LogP contribution < -0.4 is 0 Å². The molecule has 0 bridgehead atoms. The maximum atomic E-state index is 2.47. The molecule has 0 amide bonds. The third-order valence-corrected chi connectivity index (χ3v) is 12.4. The van der Waals surface area contributed by atoms with Crippen LogP contribution in [0.5, 0.6) is 0 Å². The molecule has 0 nitrogen and oxygen atoms in total. The van der Waals surface area contributed by atoms with Crippen molar-refractivity contribution < 1.29 is 0 Å². The molecule has 0 aliphatic rings. The zero-order chi connectivity index (χ0) is 39.0. The lowest BCUT2D eigenvalue weighted by atomic mass is 9.80. The predicted octanol–water partition coefficient (Wildman–Crippen LogP) is 16.6. The van der Waals surface area contributed by atoms with Gasteiger partial charge in [-0.2, -0.15) is 0 Å². The molecule has 0 heteroatoms. The minimum Gasteiger partial charge on any atom is -0.0616 e. The molecule has 0 saturated heterocycles. The summed E-state index contributed by atoms with van der Waals surface area (Å²) in [6, 6.07) is 74.8. The summed E-state index contributed by atoms with van der Waals surface area (Å²) in [4.78, 5) is 0. The molecule has 274 valence electrons. The topological polar surface area (TPSA) is 0 Å². The van der Waals surface area contributed by atoms with E-state index in [1.165, 1.54) is 115 Å². The van der Waals surface area contributed by atoms with E-state index in [1.54, 1.807) is 0 Å². The number of hydrogen-bond donors (Lipinski definition) is 0. The van der Waals surface area contributed by atoms with Gasteiger partial charge in [0.25, 0.3) is 0 Å². The SMILES string of the molecule is CC(C)(C)c1ccc2c(-c3ccc4ccccc4c3)c3cc(-c4ccc(-c5cc6ccccc6c6ccccc56)cc4)ccc3c(-c3ccc4ccccc4c3)c2c1. The second kappa shape index (κ2) is 13.3. The molecule has 0 aliphatic carbocycles. The van der Waals surface area contributed by atoms with Crippen molar-refractivity contribution in [2.75, 3.05) is 0 Å². The Morgan fingerprint density at radius 1 is 0.259 bits per heavy atom. The van der Waals surface area contributed by atoms with E-state index in [-0.39, 0.29) is 5.41 Å². The van der Waals surface area contributed by atoms with Crippen LogP contribution in [0.1, 0.15) is 26.3 Å². The Morgan fingerprint density at radius 2 is 0.724 bits per heavy atom. The zero-order valence-electron chi connectivity index (χ0n) is 33.1. The van der Waals surface area contributed by atoms with Crippen molar-refractivity contribution in [1.29, 1.82) is 0 Å². The van der Waals surface area contributed by atoms with Gasteiger partial charge in [-0.05, 0) is 150 Å². The van der Waals surface area contributed by atoms with Crippen LogP contribution in [0.15, 0.2) is 200 Å². The van der Waals surface area contributed by atoms with Gasteiger partial charge in [-0.15, -0.1) is 0 Å². The van der Waals surface area contributed by atoms with Crippen molar-refractivity contribution in [3.63, 3.8) is 0 Å². The van der Waals surface area contributed by atoms with Crippen molar-refractivity contribution >= 4 is 64.6 Å². The van der Waals surface area contributed by atoms with Crippen molar-refractivity contribution in [3.05, 3.63) is 206 Å². The van der Waals surface area contributed by atoms with Gasteiger partial charge in [0.15, 0.2) is 0 Å². The summed E-state index contributed by atoms with van der Waals surface area (Å²) in [7, 11) is 0. The van der Waals surface area contributed by atoms with E-state index in [1.807, 2.05) is 0 Å². The molecule has 11 rings (SSSR count). The fourth-order valence-electron chi connectivity index (χ4n) is 9.32. The molecule has 0 spiro atoms. The van der Waals surface area contributed by atoms with E-state index in [4.69, 9.17) is 0 Å². The second-order valence-electron chi connectivity index (χ2n) is 16.9. The molecule has 0 heterocycles. The van der Waals surface area contributed by atoms with Gasteiger partial charge < -0.3 is 0 Å². The first-order valence-corrected chi connectivity index (χ1v) is 20.4. The van der Waals surface area contributed by atoms with Crippen LogP contribution in [-0.2, 0) is 5.41 Å². The molecule has 0 radical (unpaired) electrons. The Morgan fingerprint density at radius 3 is 1.34 bits per heavy atom. The van der Waals surface area contributed by atoms with Gasteiger partial charge in [0.05, 0.1) is 0 Å². The molecule has 0 N–H and O–H groups in total. The Bertz CT molecular complexity index is 3410. The molecule has 0 saturated carbocycles. The summed E-state index contributed by atoms with van der Waals surface area (Å²) in [6.45, 7) is 6.94. The Hall–Kier alpha value is -7.02. The van der Waals surface area contributed by atoms with Gasteiger partial charge in [0.2, 0.25) is 0 Å². The minimum absolute atomic E-state index is 0.00205. The largest absolute Gasteiger partial charge is 0.0616 e. The molecule has 11 aromatic carbocycles. The fraction of sp³-hybridized carbons (Fsp3) is 0.0690. The minimum atomic E-state index is 0.00205. The monoisotopic (exact) mass is 738 g/mol. The third-order valence-electron chi connectivity index (χ3n) is 12.4. The summed E-state index contributed by atoms with van der Waals surface area (Å²) in [5, 5.41) is 15.2. The summed E-state index contributed by atoms with van der Waals surface area (Å²) in [6.07, 6.45) is 0. The van der Waals surface area contributed by atoms with Crippen LogP contribution in [0, 0.1) is 0 Å². The second-order valence-corrected chi connectivity index (χ2v) is 16.9. The number of rotatable bonds is 4. The van der Waals surface area contributed by atoms with Crippen molar-refractivity contribution in [1.82, 2.24) is 0 Å². The molecular weight excluding hydrogens is 697 g/mol. The lowest BCUT2D eigenvalue weighted by Crippen LogP contribution is -2.10. The van der Waals surface area contributed by atoms with Crippen molar-refractivity contribution in [2.24, 2.45) is 0 Å². The van der Waals surface area contributed by atoms with E-state index < -0.39 is 0 Å². The smallest absolute Gasteiger partial charge is 0.00259 e. The Balaban J connectivity index is 1.16. The lowest BCUT2D eigenvalue weighted by molar-refractivity contribution is 0.591. The normalized spacial score (nSPS) is 12.1. The van der Waals surface area contributed by atoms with E-state index in [0.717, 1.165) is 0 Å². The average Bonchev–Trinajstić information content (AvgIpc) is 3.27. The highest BCUT2D eigenvalue weighted by Gasteiger charge is 2.21. The molecule has 11 aromatic rings. The van der Waals surface area contributed by atoms with Crippen LogP contribution in [0.2, 0.25) is 0 Å². The first-order chi connectivity index (χ1) is 28.4. The van der Waals surface area contributed by atoms with E-state index in [9.17, 15) is 0 Å². The van der Waals surface area contributed by atoms with Gasteiger partial charge in [-0.1, -0.05) is 191 Å². The summed E-state index contributed by atoms with van der Waals surface area (Å²) in [5.41, 5.74) is 11.3. The number of fused-ring (bicyclic) bond motifs is 7. The summed E-state index contributed by atoms with van der Waals surface area (Å²) < 4.78 is 0. The summed E-state index contributed by atoms with van der Waals surface area (Å²) >= 11 is 0. The van der Waals surface area contributed by atoms with E-state index in [0.29, 0.717) is 0 Å². The third kappa shape index (κ3) is 5.67. The zero-order valence-corrected chi connectivity index (χ0v) is 33.1. The molecule has 0 unspecified atom stereocenters. The fourth-order valence-corrected chi connectivity index (χ4v) is 9.32. The molecule has 58 heavy (non-hydrogen) atoms. The number of hydrogen-bond acceptors (Lipinski definition) is 0. The molecule has 0 aromatic heterocycles. The van der Waals surface area contributed by atoms with E-state index >= 15 is 0 Å². The van der Waals surface area contributed by atoms with Gasteiger partial charge >= 0.3 is 0 Å². The average molecular weight is 739 g/mol. The molecule has 0 atom stereocenters. The maximum Gasteiger partial charge on any atom is -0.00259 e. The summed E-state index contributed by atoms with van der Waals surface area (Å²) in [5.74, 6) is 0. The van der Waals surface area contributed by atoms with Crippen LogP contribution in [0.4, 0.5) is 0 Å². The van der Waals surface area contributed by atoms with Crippen LogP contribution >= 0.6 is 0 Å². The Labute approximate surface area is 339 Å². The quantitative estimate of drug-likeness (QED) is 0.125. The van der Waals surface area contributed by atoms with Crippen molar-refractivity contribution in [2.45, 2.75) is 26.2 Å². The van der Waals surface area contributed by atoms with Gasteiger partial charge in [-0.25, -0.2) is 0 Å².